The molecule has 1 atom stereocenters. The number of nitrogens with one attached hydrogen (secondary N) is 1. The molecule has 3 aliphatic heterocycles. The molecule has 0 radical (unpaired) electrons. The lowest BCUT2D eigenvalue weighted by molar-refractivity contribution is 0.0195. The average molecular weight is 352 g/mol. The molecule has 144 valence electrons. The van der Waals surface area contributed by atoms with E-state index in [0.717, 1.165) is 57.8 Å². The minimum atomic E-state index is 0.665. The van der Waals surface area contributed by atoms with Gasteiger partial charge in [0, 0.05) is 45.8 Å². The zero-order chi connectivity index (χ0) is 17.5. The quantitative estimate of drug-likeness (QED) is 0.456. The van der Waals surface area contributed by atoms with Crippen molar-refractivity contribution in [2.24, 2.45) is 10.9 Å². The van der Waals surface area contributed by atoms with Crippen LogP contribution in [-0.4, -0.2) is 99.3 Å². The van der Waals surface area contributed by atoms with Crippen molar-refractivity contribution >= 4 is 5.96 Å². The van der Waals surface area contributed by atoms with Gasteiger partial charge in [-0.05, 0) is 51.2 Å². The second-order valence-corrected chi connectivity index (χ2v) is 7.89. The fourth-order valence-electron chi connectivity index (χ4n) is 4.30. The minimum Gasteiger partial charge on any atom is -0.379 e. The Labute approximate surface area is 153 Å². The van der Waals surface area contributed by atoms with Crippen molar-refractivity contribution in [3.8, 4) is 0 Å². The van der Waals surface area contributed by atoms with Gasteiger partial charge in [-0.1, -0.05) is 6.92 Å². The Hall–Kier alpha value is -0.850. The van der Waals surface area contributed by atoms with Crippen molar-refractivity contribution in [2.45, 2.75) is 38.6 Å². The molecule has 3 heterocycles. The predicted molar refractivity (Wildman–Crippen MR) is 103 cm³/mol. The molecule has 3 aliphatic rings. The van der Waals surface area contributed by atoms with Gasteiger partial charge in [0.25, 0.3) is 0 Å². The molecule has 1 unspecified atom stereocenters. The zero-order valence-corrected chi connectivity index (χ0v) is 16.3. The summed E-state index contributed by atoms with van der Waals surface area (Å²) in [5.74, 6) is 2.01. The van der Waals surface area contributed by atoms with Crippen LogP contribution in [0.3, 0.4) is 0 Å². The number of hydrogen-bond donors (Lipinski definition) is 1. The van der Waals surface area contributed by atoms with E-state index in [4.69, 9.17) is 4.74 Å². The van der Waals surface area contributed by atoms with Crippen LogP contribution in [0.2, 0.25) is 0 Å². The van der Waals surface area contributed by atoms with Crippen LogP contribution in [0, 0.1) is 5.92 Å². The highest BCUT2D eigenvalue weighted by Crippen LogP contribution is 2.17. The maximum Gasteiger partial charge on any atom is 0.193 e. The summed E-state index contributed by atoms with van der Waals surface area (Å²) in [6.45, 7) is 13.3. The van der Waals surface area contributed by atoms with E-state index in [2.05, 4.69) is 31.9 Å². The monoisotopic (exact) mass is 351 g/mol. The van der Waals surface area contributed by atoms with E-state index in [9.17, 15) is 0 Å². The predicted octanol–water partition coefficient (Wildman–Crippen LogP) is 1.09. The molecule has 6 nitrogen and oxygen atoms in total. The van der Waals surface area contributed by atoms with E-state index >= 15 is 0 Å². The van der Waals surface area contributed by atoms with Crippen LogP contribution in [0.1, 0.15) is 32.6 Å². The number of morpholine rings is 1. The number of aliphatic imine (C=N–C) groups is 1. The van der Waals surface area contributed by atoms with Crippen LogP contribution in [0.5, 0.6) is 0 Å². The van der Waals surface area contributed by atoms with Crippen molar-refractivity contribution in [3.05, 3.63) is 0 Å². The zero-order valence-electron chi connectivity index (χ0n) is 16.3. The Morgan fingerprint density at radius 3 is 2.56 bits per heavy atom. The second-order valence-electron chi connectivity index (χ2n) is 7.89. The molecular weight excluding hydrogens is 314 g/mol. The third kappa shape index (κ3) is 5.56. The Morgan fingerprint density at radius 1 is 1.08 bits per heavy atom. The lowest BCUT2D eigenvalue weighted by Crippen LogP contribution is -2.47. The van der Waals surface area contributed by atoms with Gasteiger partial charge < -0.3 is 19.9 Å². The number of rotatable bonds is 5. The van der Waals surface area contributed by atoms with Crippen LogP contribution >= 0.6 is 0 Å². The van der Waals surface area contributed by atoms with Crippen LogP contribution in [0.4, 0.5) is 0 Å². The number of guanidine groups is 1. The summed E-state index contributed by atoms with van der Waals surface area (Å²) in [6, 6.07) is 0.665. The number of piperidine rings is 1. The number of likely N-dealkylation sites (tertiary alicyclic amines) is 2. The molecule has 0 aromatic heterocycles. The Morgan fingerprint density at radius 2 is 1.84 bits per heavy atom. The van der Waals surface area contributed by atoms with Gasteiger partial charge in [-0.15, -0.1) is 0 Å². The number of ether oxygens (including phenoxy) is 1. The molecule has 3 fully saturated rings. The average Bonchev–Trinajstić information content (AvgIpc) is 3.14. The molecule has 1 N–H and O–H groups in total. The van der Waals surface area contributed by atoms with E-state index in [-0.39, 0.29) is 0 Å². The van der Waals surface area contributed by atoms with Gasteiger partial charge in [-0.3, -0.25) is 9.89 Å². The van der Waals surface area contributed by atoms with Crippen molar-refractivity contribution in [1.82, 2.24) is 20.0 Å². The summed E-state index contributed by atoms with van der Waals surface area (Å²) in [5.41, 5.74) is 0. The second kappa shape index (κ2) is 9.74. The van der Waals surface area contributed by atoms with Gasteiger partial charge in [0.2, 0.25) is 0 Å². The summed E-state index contributed by atoms with van der Waals surface area (Å²) < 4.78 is 5.48. The number of hydrogen-bond acceptors (Lipinski definition) is 4. The van der Waals surface area contributed by atoms with Crippen LogP contribution in [0.25, 0.3) is 0 Å². The lowest BCUT2D eigenvalue weighted by atomic mass is 9.99. The third-order valence-corrected chi connectivity index (χ3v) is 6.05. The minimum absolute atomic E-state index is 0.665. The van der Waals surface area contributed by atoms with Gasteiger partial charge in [-0.25, -0.2) is 0 Å². The fourth-order valence-corrected chi connectivity index (χ4v) is 4.30. The smallest absolute Gasteiger partial charge is 0.193 e. The van der Waals surface area contributed by atoms with E-state index in [1.165, 1.54) is 45.3 Å². The topological polar surface area (TPSA) is 43.3 Å². The van der Waals surface area contributed by atoms with Gasteiger partial charge >= 0.3 is 0 Å². The molecule has 0 spiro atoms. The molecule has 0 aromatic carbocycles. The Kier molecular flexibility index (Phi) is 7.37. The summed E-state index contributed by atoms with van der Waals surface area (Å²) >= 11 is 0. The molecule has 0 saturated carbocycles. The van der Waals surface area contributed by atoms with E-state index in [1.807, 2.05) is 7.05 Å². The summed E-state index contributed by atoms with van der Waals surface area (Å²) in [6.07, 6.45) is 5.18. The molecule has 3 rings (SSSR count). The largest absolute Gasteiger partial charge is 0.379 e. The standard InChI is InChI=1S/C19H37N5O/c1-17-4-9-22(10-5-17)8-3-7-21-19(20-2)24-11-6-18(16-24)23-12-14-25-15-13-23/h17-18H,3-16H2,1-2H3,(H,20,21). The van der Waals surface area contributed by atoms with Crippen molar-refractivity contribution < 1.29 is 4.74 Å². The van der Waals surface area contributed by atoms with E-state index < -0.39 is 0 Å². The van der Waals surface area contributed by atoms with E-state index in [1.54, 1.807) is 0 Å². The molecule has 0 amide bonds. The van der Waals surface area contributed by atoms with Gasteiger partial charge in [-0.2, -0.15) is 0 Å². The maximum atomic E-state index is 5.48. The Bertz CT molecular complexity index is 416. The van der Waals surface area contributed by atoms with Crippen LogP contribution in [-0.2, 0) is 4.74 Å². The Balaban J connectivity index is 1.34. The summed E-state index contributed by atoms with van der Waals surface area (Å²) in [5, 5.41) is 3.59. The number of nitrogens with zero attached hydrogens (tertiary/aromatic N) is 4. The highest BCUT2D eigenvalue weighted by Gasteiger charge is 2.30. The fraction of sp³-hybridized carbons (Fsp3) is 0.947. The van der Waals surface area contributed by atoms with Crippen molar-refractivity contribution in [3.63, 3.8) is 0 Å². The molecule has 0 aromatic rings. The van der Waals surface area contributed by atoms with Gasteiger partial charge in [0.05, 0.1) is 13.2 Å². The first-order chi connectivity index (χ1) is 12.3. The van der Waals surface area contributed by atoms with Crippen molar-refractivity contribution in [1.29, 1.82) is 0 Å². The first-order valence-electron chi connectivity index (χ1n) is 10.3. The van der Waals surface area contributed by atoms with Crippen LogP contribution in [0.15, 0.2) is 4.99 Å². The molecule has 0 bridgehead atoms. The lowest BCUT2D eigenvalue weighted by Gasteiger charge is -2.32. The molecule has 3 saturated heterocycles. The maximum absolute atomic E-state index is 5.48. The summed E-state index contributed by atoms with van der Waals surface area (Å²) in [7, 11) is 1.91. The third-order valence-electron chi connectivity index (χ3n) is 6.05. The normalized spacial score (nSPS) is 27.8. The van der Waals surface area contributed by atoms with Gasteiger partial charge in [0.15, 0.2) is 5.96 Å². The van der Waals surface area contributed by atoms with E-state index in [0.29, 0.717) is 6.04 Å². The van der Waals surface area contributed by atoms with Crippen LogP contribution < -0.4 is 5.32 Å². The SMILES string of the molecule is CN=C(NCCCN1CCC(C)CC1)N1CCC(N2CCOCC2)C1. The molecule has 25 heavy (non-hydrogen) atoms. The molecular formula is C19H37N5O. The molecule has 6 heteroatoms. The van der Waals surface area contributed by atoms with Crippen molar-refractivity contribution in [2.75, 3.05) is 72.6 Å². The highest BCUT2D eigenvalue weighted by atomic mass is 16.5. The first kappa shape index (κ1) is 18.9. The summed E-state index contributed by atoms with van der Waals surface area (Å²) in [4.78, 5) is 12.2. The molecule has 0 aliphatic carbocycles. The van der Waals surface area contributed by atoms with Gasteiger partial charge in [0.1, 0.15) is 0 Å². The first-order valence-corrected chi connectivity index (χ1v) is 10.3. The highest BCUT2D eigenvalue weighted by molar-refractivity contribution is 5.80.